The van der Waals surface area contributed by atoms with Crippen LogP contribution in [0.1, 0.15) is 41.5 Å². The van der Waals surface area contributed by atoms with Gasteiger partial charge < -0.3 is 4.90 Å². The van der Waals surface area contributed by atoms with Crippen molar-refractivity contribution >= 4 is 17.5 Å². The Kier molecular flexibility index (Phi) is 2.69. The highest BCUT2D eigenvalue weighted by Crippen LogP contribution is 2.31. The minimum atomic E-state index is -0.495. The predicted molar refractivity (Wildman–Crippen MR) is 71.0 cm³/mol. The Morgan fingerprint density at radius 3 is 2.06 bits per heavy atom. The van der Waals surface area contributed by atoms with Gasteiger partial charge in [-0.3, -0.25) is 14.5 Å². The number of carbonyl (C=O) groups excluding carboxylic acids is 2. The summed E-state index contributed by atoms with van der Waals surface area (Å²) in [6.07, 6.45) is 0. The van der Waals surface area contributed by atoms with Crippen molar-refractivity contribution in [3.63, 3.8) is 0 Å². The van der Waals surface area contributed by atoms with Crippen LogP contribution in [-0.4, -0.2) is 36.3 Å². The molecule has 0 bridgehead atoms. The minimum Gasteiger partial charge on any atom is -0.378 e. The molecule has 0 N–H and O–H groups in total. The van der Waals surface area contributed by atoms with Crippen LogP contribution in [0.4, 0.5) is 5.69 Å². The minimum absolute atomic E-state index is 0.201. The molecule has 2 rings (SSSR count). The van der Waals surface area contributed by atoms with Gasteiger partial charge in [0.2, 0.25) is 0 Å². The van der Waals surface area contributed by atoms with E-state index in [9.17, 15) is 9.59 Å². The molecule has 0 atom stereocenters. The molecule has 1 heterocycles. The van der Waals surface area contributed by atoms with Crippen LogP contribution in [0.5, 0.6) is 0 Å². The first-order valence-electron chi connectivity index (χ1n) is 5.94. The van der Waals surface area contributed by atoms with Crippen molar-refractivity contribution in [1.82, 2.24) is 4.90 Å². The molecule has 18 heavy (non-hydrogen) atoms. The van der Waals surface area contributed by atoms with E-state index in [2.05, 4.69) is 0 Å². The zero-order valence-electron chi connectivity index (χ0n) is 11.4. The van der Waals surface area contributed by atoms with Crippen LogP contribution < -0.4 is 4.90 Å². The monoisotopic (exact) mass is 246 g/mol. The lowest BCUT2D eigenvalue weighted by Gasteiger charge is -2.29. The predicted octanol–water partition coefficient (Wildman–Crippen LogP) is 2.15. The first-order valence-corrected chi connectivity index (χ1v) is 5.94. The average molecular weight is 246 g/mol. The molecule has 0 spiro atoms. The largest absolute Gasteiger partial charge is 0.378 e. The van der Waals surface area contributed by atoms with Gasteiger partial charge in [-0.2, -0.15) is 0 Å². The fraction of sp³-hybridized carbons (Fsp3) is 0.429. The number of hydrogen-bond acceptors (Lipinski definition) is 3. The lowest BCUT2D eigenvalue weighted by molar-refractivity contribution is 0.0508. The van der Waals surface area contributed by atoms with Gasteiger partial charge in [0.25, 0.3) is 11.8 Å². The summed E-state index contributed by atoms with van der Waals surface area (Å²) >= 11 is 0. The van der Waals surface area contributed by atoms with Crippen LogP contribution in [-0.2, 0) is 0 Å². The Bertz CT molecular complexity index is 527. The zero-order valence-corrected chi connectivity index (χ0v) is 11.4. The molecular formula is C14H18N2O2. The summed E-state index contributed by atoms with van der Waals surface area (Å²) in [5.41, 5.74) is 1.43. The van der Waals surface area contributed by atoms with Gasteiger partial charge in [0.1, 0.15) is 0 Å². The highest BCUT2D eigenvalue weighted by molar-refractivity contribution is 6.22. The summed E-state index contributed by atoms with van der Waals surface area (Å²) in [6.45, 7) is 5.59. The van der Waals surface area contributed by atoms with E-state index < -0.39 is 5.54 Å². The van der Waals surface area contributed by atoms with Crippen molar-refractivity contribution < 1.29 is 9.59 Å². The Labute approximate surface area is 107 Å². The van der Waals surface area contributed by atoms with E-state index in [-0.39, 0.29) is 11.8 Å². The van der Waals surface area contributed by atoms with E-state index in [1.807, 2.05) is 45.8 Å². The molecule has 0 saturated heterocycles. The fourth-order valence-electron chi connectivity index (χ4n) is 2.12. The van der Waals surface area contributed by atoms with Crippen LogP contribution in [0.25, 0.3) is 0 Å². The Hall–Kier alpha value is -1.84. The van der Waals surface area contributed by atoms with E-state index >= 15 is 0 Å². The molecule has 4 nitrogen and oxygen atoms in total. The molecule has 0 unspecified atom stereocenters. The van der Waals surface area contributed by atoms with Crippen molar-refractivity contribution in [2.24, 2.45) is 0 Å². The molecule has 0 fully saturated rings. The van der Waals surface area contributed by atoms with Crippen molar-refractivity contribution in [2.45, 2.75) is 26.3 Å². The second kappa shape index (κ2) is 3.83. The topological polar surface area (TPSA) is 40.6 Å². The maximum atomic E-state index is 12.3. The van der Waals surface area contributed by atoms with Crippen LogP contribution in [0.2, 0.25) is 0 Å². The Balaban J connectivity index is 2.53. The number of benzene rings is 1. The number of rotatable bonds is 1. The molecule has 1 aromatic carbocycles. The quantitative estimate of drug-likeness (QED) is 0.713. The van der Waals surface area contributed by atoms with Gasteiger partial charge in [0, 0.05) is 25.3 Å². The van der Waals surface area contributed by atoms with Crippen molar-refractivity contribution in [1.29, 1.82) is 0 Å². The Morgan fingerprint density at radius 1 is 1.00 bits per heavy atom. The third-order valence-electron chi connectivity index (χ3n) is 3.06. The number of hydrogen-bond donors (Lipinski definition) is 0. The summed E-state index contributed by atoms with van der Waals surface area (Å²) in [7, 11) is 3.81. The summed E-state index contributed by atoms with van der Waals surface area (Å²) in [4.78, 5) is 27.8. The van der Waals surface area contributed by atoms with E-state index in [0.717, 1.165) is 5.69 Å². The molecule has 1 aromatic rings. The van der Waals surface area contributed by atoms with Gasteiger partial charge in [0.15, 0.2) is 0 Å². The standard InChI is InChI=1S/C14H18N2O2/c1-14(2,3)16-12(17)10-7-6-9(15(4)5)8-11(10)13(16)18/h6-8H,1-5H3. The van der Waals surface area contributed by atoms with Gasteiger partial charge in [-0.25, -0.2) is 0 Å². The molecule has 1 aliphatic rings. The number of carbonyl (C=O) groups is 2. The van der Waals surface area contributed by atoms with E-state index in [0.29, 0.717) is 11.1 Å². The van der Waals surface area contributed by atoms with Crippen molar-refractivity contribution in [3.05, 3.63) is 29.3 Å². The molecule has 2 amide bonds. The third-order valence-corrected chi connectivity index (χ3v) is 3.06. The van der Waals surface area contributed by atoms with E-state index in [4.69, 9.17) is 0 Å². The van der Waals surface area contributed by atoms with Gasteiger partial charge >= 0.3 is 0 Å². The van der Waals surface area contributed by atoms with Gasteiger partial charge in [-0.15, -0.1) is 0 Å². The Morgan fingerprint density at radius 2 is 1.56 bits per heavy atom. The molecular weight excluding hydrogens is 228 g/mol. The normalized spacial score (nSPS) is 15.1. The highest BCUT2D eigenvalue weighted by atomic mass is 16.2. The first-order chi connectivity index (χ1) is 8.23. The smallest absolute Gasteiger partial charge is 0.262 e. The van der Waals surface area contributed by atoms with Gasteiger partial charge in [-0.05, 0) is 39.0 Å². The van der Waals surface area contributed by atoms with Crippen molar-refractivity contribution in [2.75, 3.05) is 19.0 Å². The van der Waals surface area contributed by atoms with Crippen molar-refractivity contribution in [3.8, 4) is 0 Å². The number of anilines is 1. The van der Waals surface area contributed by atoms with E-state index in [1.54, 1.807) is 12.1 Å². The van der Waals surface area contributed by atoms with Gasteiger partial charge in [0.05, 0.1) is 11.1 Å². The SMILES string of the molecule is CN(C)c1ccc2c(c1)C(=O)N(C(C)(C)C)C2=O. The molecule has 0 saturated carbocycles. The van der Waals surface area contributed by atoms with Crippen LogP contribution in [0, 0.1) is 0 Å². The summed E-state index contributed by atoms with van der Waals surface area (Å²) < 4.78 is 0. The zero-order chi connectivity index (χ0) is 13.7. The summed E-state index contributed by atoms with van der Waals surface area (Å²) in [5, 5.41) is 0. The van der Waals surface area contributed by atoms with Crippen LogP contribution in [0.15, 0.2) is 18.2 Å². The second-order valence-electron chi connectivity index (χ2n) is 5.74. The molecule has 1 aliphatic heterocycles. The number of amides is 2. The molecule has 0 aliphatic carbocycles. The van der Waals surface area contributed by atoms with Crippen LogP contribution in [0.3, 0.4) is 0 Å². The van der Waals surface area contributed by atoms with E-state index in [1.165, 1.54) is 4.90 Å². The first kappa shape index (κ1) is 12.6. The third kappa shape index (κ3) is 1.78. The fourth-order valence-corrected chi connectivity index (χ4v) is 2.12. The van der Waals surface area contributed by atoms with Gasteiger partial charge in [-0.1, -0.05) is 0 Å². The summed E-state index contributed by atoms with van der Waals surface area (Å²) in [5.74, 6) is -0.404. The molecule has 0 aromatic heterocycles. The lowest BCUT2D eigenvalue weighted by Crippen LogP contribution is -2.45. The molecule has 0 radical (unpaired) electrons. The number of imide groups is 1. The molecule has 4 heteroatoms. The number of nitrogens with zero attached hydrogens (tertiary/aromatic N) is 2. The number of fused-ring (bicyclic) bond motifs is 1. The average Bonchev–Trinajstić information content (AvgIpc) is 2.50. The lowest BCUT2D eigenvalue weighted by atomic mass is 10.1. The highest BCUT2D eigenvalue weighted by Gasteiger charge is 2.41. The maximum Gasteiger partial charge on any atom is 0.262 e. The maximum absolute atomic E-state index is 12.3. The summed E-state index contributed by atoms with van der Waals surface area (Å²) in [6, 6.07) is 5.37. The van der Waals surface area contributed by atoms with Crippen LogP contribution >= 0.6 is 0 Å². The second-order valence-corrected chi connectivity index (χ2v) is 5.74. The molecule has 96 valence electrons.